The standard InChI is InChI=1S/C44H74N2O10Si2/c1-9-29-49-57(50-30-10-2,51-31-11-3)35-17-27-45-43(47)55-39-23-19-37(20-24-39)41(15-7)42(16-8)38-21-25-40(26-22-38)56-44(48)46-28-18-36-58(52-32-12-4,53-33-13-5)54-34-14-6/h19-26H,9-18,27-36H2,1-8H3,(H,45,47)(H,46,48)/b42-41+. The van der Waals surface area contributed by atoms with E-state index in [2.05, 4.69) is 66.0 Å². The molecule has 0 unspecified atom stereocenters. The molecule has 2 amide bonds. The van der Waals surface area contributed by atoms with Gasteiger partial charge in [0, 0.05) is 64.8 Å². The lowest BCUT2D eigenvalue weighted by Crippen LogP contribution is -2.47. The van der Waals surface area contributed by atoms with Gasteiger partial charge < -0.3 is 46.7 Å². The van der Waals surface area contributed by atoms with Gasteiger partial charge in [-0.25, -0.2) is 9.59 Å². The van der Waals surface area contributed by atoms with Crippen LogP contribution in [0.1, 0.15) is 131 Å². The molecular weight excluding hydrogens is 773 g/mol. The van der Waals surface area contributed by atoms with Gasteiger partial charge in [-0.1, -0.05) is 79.7 Å². The minimum atomic E-state index is -2.82. The Morgan fingerprint density at radius 2 is 0.724 bits per heavy atom. The van der Waals surface area contributed by atoms with Crippen molar-refractivity contribution in [3.63, 3.8) is 0 Å². The summed E-state index contributed by atoms with van der Waals surface area (Å²) < 4.78 is 48.2. The van der Waals surface area contributed by atoms with E-state index >= 15 is 0 Å². The van der Waals surface area contributed by atoms with E-state index in [0.717, 1.165) is 62.5 Å². The van der Waals surface area contributed by atoms with Gasteiger partial charge >= 0.3 is 29.8 Å². The smallest absolute Gasteiger partial charge is 0.410 e. The zero-order valence-corrected chi connectivity index (χ0v) is 38.8. The topological polar surface area (TPSA) is 132 Å². The Morgan fingerprint density at radius 3 is 0.966 bits per heavy atom. The third kappa shape index (κ3) is 18.9. The van der Waals surface area contributed by atoms with Crippen LogP contribution >= 0.6 is 0 Å². The molecule has 0 aliphatic rings. The van der Waals surface area contributed by atoms with Gasteiger partial charge in [0.05, 0.1) is 0 Å². The average Bonchev–Trinajstić information content (AvgIpc) is 3.24. The third-order valence-electron chi connectivity index (χ3n) is 8.91. The van der Waals surface area contributed by atoms with E-state index < -0.39 is 29.8 Å². The highest BCUT2D eigenvalue weighted by Crippen LogP contribution is 2.33. The van der Waals surface area contributed by atoms with Gasteiger partial charge in [-0.3, -0.25) is 0 Å². The number of amides is 2. The number of benzene rings is 2. The van der Waals surface area contributed by atoms with Crippen LogP contribution in [0.25, 0.3) is 11.1 Å². The summed E-state index contributed by atoms with van der Waals surface area (Å²) >= 11 is 0. The Hall–Kier alpha value is -3.09. The second-order valence-corrected chi connectivity index (χ2v) is 19.5. The van der Waals surface area contributed by atoms with Crippen LogP contribution in [0.5, 0.6) is 11.5 Å². The van der Waals surface area contributed by atoms with Gasteiger partial charge in [0.25, 0.3) is 0 Å². The molecule has 0 radical (unpaired) electrons. The molecule has 0 spiro atoms. The van der Waals surface area contributed by atoms with Crippen molar-refractivity contribution in [2.24, 2.45) is 0 Å². The summed E-state index contributed by atoms with van der Waals surface area (Å²) in [5.41, 5.74) is 4.47. The van der Waals surface area contributed by atoms with E-state index in [0.29, 0.717) is 89.2 Å². The predicted octanol–water partition coefficient (Wildman–Crippen LogP) is 10.8. The van der Waals surface area contributed by atoms with Gasteiger partial charge in [-0.15, -0.1) is 0 Å². The molecule has 0 aromatic heterocycles. The molecule has 0 atom stereocenters. The summed E-state index contributed by atoms with van der Waals surface area (Å²) in [5.74, 6) is 0.922. The van der Waals surface area contributed by atoms with Crippen molar-refractivity contribution in [1.29, 1.82) is 0 Å². The van der Waals surface area contributed by atoms with Crippen LogP contribution in [-0.4, -0.2) is 82.5 Å². The predicted molar refractivity (Wildman–Crippen MR) is 236 cm³/mol. The molecule has 328 valence electrons. The van der Waals surface area contributed by atoms with Gasteiger partial charge in [0.15, 0.2) is 0 Å². The maximum Gasteiger partial charge on any atom is 0.501 e. The number of hydrogen-bond donors (Lipinski definition) is 2. The van der Waals surface area contributed by atoms with Crippen LogP contribution in [-0.2, 0) is 26.6 Å². The molecule has 58 heavy (non-hydrogen) atoms. The van der Waals surface area contributed by atoms with Crippen LogP contribution < -0.4 is 20.1 Å². The second kappa shape index (κ2) is 30.0. The van der Waals surface area contributed by atoms with Gasteiger partial charge in [-0.2, -0.15) is 0 Å². The van der Waals surface area contributed by atoms with Crippen molar-refractivity contribution in [2.75, 3.05) is 52.7 Å². The first-order chi connectivity index (χ1) is 28.2. The molecule has 0 fully saturated rings. The van der Waals surface area contributed by atoms with E-state index in [1.54, 1.807) is 0 Å². The maximum absolute atomic E-state index is 12.7. The number of nitrogens with one attached hydrogen (secondary N) is 2. The molecule has 0 aliphatic heterocycles. The van der Waals surface area contributed by atoms with E-state index in [4.69, 9.17) is 36.0 Å². The third-order valence-corrected chi connectivity index (χ3v) is 14.7. The summed E-state index contributed by atoms with van der Waals surface area (Å²) in [7, 11) is -5.64. The van der Waals surface area contributed by atoms with Crippen molar-refractivity contribution in [1.82, 2.24) is 10.6 Å². The number of carbonyl (C=O) groups excluding carboxylic acids is 2. The summed E-state index contributed by atoms with van der Waals surface area (Å²) in [6.07, 6.45) is 7.21. The normalized spacial score (nSPS) is 12.3. The first kappa shape index (κ1) is 51.1. The lowest BCUT2D eigenvalue weighted by Gasteiger charge is -2.29. The van der Waals surface area contributed by atoms with E-state index in [1.165, 1.54) is 11.1 Å². The molecule has 0 saturated carbocycles. The maximum atomic E-state index is 12.7. The molecule has 0 saturated heterocycles. The second-order valence-electron chi connectivity index (χ2n) is 14.0. The summed E-state index contributed by atoms with van der Waals surface area (Å²) in [6, 6.07) is 16.4. The Labute approximate surface area is 351 Å². The highest BCUT2D eigenvalue weighted by molar-refractivity contribution is 6.61. The number of allylic oxidation sites excluding steroid dienone is 2. The number of ether oxygens (including phenoxy) is 2. The summed E-state index contributed by atoms with van der Waals surface area (Å²) in [5, 5.41) is 5.72. The fourth-order valence-electron chi connectivity index (χ4n) is 6.14. The fraction of sp³-hybridized carbons (Fsp3) is 0.636. The summed E-state index contributed by atoms with van der Waals surface area (Å²) in [6.45, 7) is 21.0. The van der Waals surface area contributed by atoms with Crippen LogP contribution in [0.2, 0.25) is 12.1 Å². The summed E-state index contributed by atoms with van der Waals surface area (Å²) in [4.78, 5) is 25.4. The number of carbonyl (C=O) groups is 2. The molecule has 2 aromatic rings. The lowest BCUT2D eigenvalue weighted by molar-refractivity contribution is 0.0581. The molecule has 2 aromatic carbocycles. The molecular formula is C44H74N2O10Si2. The number of rotatable bonds is 32. The van der Waals surface area contributed by atoms with Crippen LogP contribution in [0, 0.1) is 0 Å². The average molecular weight is 847 g/mol. The minimum Gasteiger partial charge on any atom is -0.410 e. The molecule has 0 bridgehead atoms. The van der Waals surface area contributed by atoms with Gasteiger partial charge in [0.1, 0.15) is 11.5 Å². The van der Waals surface area contributed by atoms with E-state index in [1.807, 2.05) is 48.5 Å². The van der Waals surface area contributed by atoms with Crippen LogP contribution in [0.3, 0.4) is 0 Å². The molecule has 12 nitrogen and oxygen atoms in total. The highest BCUT2D eigenvalue weighted by atomic mass is 28.4. The quantitative estimate of drug-likeness (QED) is 0.0417. The molecule has 2 rings (SSSR count). The minimum absolute atomic E-state index is 0.421. The van der Waals surface area contributed by atoms with Crippen molar-refractivity contribution in [2.45, 2.75) is 132 Å². The molecule has 0 heterocycles. The fourth-order valence-corrected chi connectivity index (χ4v) is 11.8. The first-order valence-corrected chi connectivity index (χ1v) is 25.7. The van der Waals surface area contributed by atoms with Gasteiger partial charge in [-0.05, 0) is 111 Å². The Bertz CT molecular complexity index is 1290. The van der Waals surface area contributed by atoms with E-state index in [9.17, 15) is 9.59 Å². The zero-order valence-electron chi connectivity index (χ0n) is 36.8. The van der Waals surface area contributed by atoms with Gasteiger partial charge in [0.2, 0.25) is 0 Å². The monoisotopic (exact) mass is 846 g/mol. The number of hydrogen-bond acceptors (Lipinski definition) is 10. The largest absolute Gasteiger partial charge is 0.501 e. The van der Waals surface area contributed by atoms with Crippen molar-refractivity contribution in [3.05, 3.63) is 59.7 Å². The van der Waals surface area contributed by atoms with Crippen molar-refractivity contribution < 1.29 is 45.6 Å². The zero-order chi connectivity index (χ0) is 42.5. The Kier molecular flexibility index (Phi) is 26.4. The first-order valence-electron chi connectivity index (χ1n) is 21.9. The van der Waals surface area contributed by atoms with Crippen LogP contribution in [0.4, 0.5) is 9.59 Å². The molecule has 0 aliphatic carbocycles. The molecule has 2 N–H and O–H groups in total. The van der Waals surface area contributed by atoms with Crippen molar-refractivity contribution >= 4 is 40.9 Å². The molecule has 14 heteroatoms. The lowest BCUT2D eigenvalue weighted by atomic mass is 9.91. The van der Waals surface area contributed by atoms with Crippen LogP contribution in [0.15, 0.2) is 48.5 Å². The Morgan fingerprint density at radius 1 is 0.448 bits per heavy atom. The highest BCUT2D eigenvalue weighted by Gasteiger charge is 2.41. The van der Waals surface area contributed by atoms with E-state index in [-0.39, 0.29) is 0 Å². The SMILES string of the molecule is CCCO[Si](CCCNC(=O)Oc1ccc(/C(CC)=C(\CC)c2ccc(OC(=O)NCCC[Si](OCCC)(OCCC)OCCC)cc2)cc1)(OCCC)OCCC. The Balaban J connectivity index is 1.97. The van der Waals surface area contributed by atoms with Crippen molar-refractivity contribution in [3.8, 4) is 11.5 Å².